The number of hydrogen-bond acceptors (Lipinski definition) is 5. The zero-order valence-corrected chi connectivity index (χ0v) is 18.8. The number of hydrogen-bond donors (Lipinski definition) is 1. The number of anilines is 1. The van der Waals surface area contributed by atoms with Gasteiger partial charge in [-0.05, 0) is 59.1 Å². The highest BCUT2D eigenvalue weighted by Gasteiger charge is 2.30. The van der Waals surface area contributed by atoms with E-state index < -0.39 is 11.7 Å². The first-order valence-electron chi connectivity index (χ1n) is 9.98. The summed E-state index contributed by atoms with van der Waals surface area (Å²) in [6.45, 7) is 6.31. The maximum Gasteiger partial charge on any atom is 0.417 e. The third kappa shape index (κ3) is 5.33. The van der Waals surface area contributed by atoms with Crippen molar-refractivity contribution in [3.8, 4) is 0 Å². The number of alkyl halides is 3. The quantitative estimate of drug-likeness (QED) is 0.405. The van der Waals surface area contributed by atoms with Crippen LogP contribution in [0.3, 0.4) is 0 Å². The predicted octanol–water partition coefficient (Wildman–Crippen LogP) is 5.84. The van der Waals surface area contributed by atoms with Crippen LogP contribution in [0.2, 0.25) is 0 Å². The zero-order valence-electron chi connectivity index (χ0n) is 18.0. The normalized spacial score (nSPS) is 12.2. The molecule has 0 saturated heterocycles. The van der Waals surface area contributed by atoms with E-state index >= 15 is 0 Å². The molecule has 0 aliphatic heterocycles. The van der Waals surface area contributed by atoms with E-state index in [1.807, 2.05) is 12.1 Å². The molecule has 4 rings (SSSR count). The van der Waals surface area contributed by atoms with Crippen LogP contribution in [0, 0.1) is 0 Å². The lowest BCUT2D eigenvalue weighted by Crippen LogP contribution is -2.14. The highest BCUT2D eigenvalue weighted by molar-refractivity contribution is 7.99. The van der Waals surface area contributed by atoms with Gasteiger partial charge in [-0.3, -0.25) is 4.79 Å². The second-order valence-electron chi connectivity index (χ2n) is 8.37. The van der Waals surface area contributed by atoms with Crippen molar-refractivity contribution in [2.75, 3.05) is 5.32 Å². The molecule has 0 fully saturated rings. The first-order valence-corrected chi connectivity index (χ1v) is 10.8. The number of aromatic nitrogens is 4. The van der Waals surface area contributed by atoms with Gasteiger partial charge in [0.25, 0.3) is 5.91 Å². The van der Waals surface area contributed by atoms with E-state index in [-0.39, 0.29) is 11.3 Å². The molecular weight excluding hydrogens is 451 g/mol. The molecule has 0 saturated carbocycles. The Morgan fingerprint density at radius 1 is 0.939 bits per heavy atom. The number of carbonyl (C=O) groups excluding carboxylic acids is 1. The fourth-order valence-corrected chi connectivity index (χ4v) is 3.73. The summed E-state index contributed by atoms with van der Waals surface area (Å²) < 4.78 is 39.6. The van der Waals surface area contributed by atoms with Crippen molar-refractivity contribution in [2.45, 2.75) is 42.4 Å². The maximum atomic E-state index is 12.7. The third-order valence-electron chi connectivity index (χ3n) is 4.82. The van der Waals surface area contributed by atoms with Gasteiger partial charge in [0, 0.05) is 11.8 Å². The molecule has 3 heterocycles. The predicted molar refractivity (Wildman–Crippen MR) is 119 cm³/mol. The summed E-state index contributed by atoms with van der Waals surface area (Å²) in [6, 6.07) is 13.1. The van der Waals surface area contributed by atoms with Crippen LogP contribution in [0.4, 0.5) is 19.0 Å². The third-order valence-corrected chi connectivity index (χ3v) is 5.70. The Balaban J connectivity index is 1.47. The maximum absolute atomic E-state index is 12.7. The highest BCUT2D eigenvalue weighted by atomic mass is 32.2. The van der Waals surface area contributed by atoms with Crippen molar-refractivity contribution in [1.82, 2.24) is 19.6 Å². The Hall–Kier alpha value is -3.40. The van der Waals surface area contributed by atoms with Crippen molar-refractivity contribution in [3.05, 3.63) is 77.6 Å². The summed E-state index contributed by atoms with van der Waals surface area (Å²) in [7, 11) is 0. The van der Waals surface area contributed by atoms with E-state index in [9.17, 15) is 18.0 Å². The number of imidazole rings is 1. The molecule has 10 heteroatoms. The lowest BCUT2D eigenvalue weighted by Gasteiger charge is -2.18. The van der Waals surface area contributed by atoms with Crippen LogP contribution in [0.25, 0.3) is 5.65 Å². The second kappa shape index (κ2) is 8.51. The Morgan fingerprint density at radius 3 is 2.21 bits per heavy atom. The molecule has 0 radical (unpaired) electrons. The van der Waals surface area contributed by atoms with Gasteiger partial charge in [0.1, 0.15) is 10.1 Å². The molecule has 0 unspecified atom stereocenters. The summed E-state index contributed by atoms with van der Waals surface area (Å²) in [4.78, 5) is 20.8. The van der Waals surface area contributed by atoms with Crippen molar-refractivity contribution < 1.29 is 18.0 Å². The molecule has 0 spiro atoms. The van der Waals surface area contributed by atoms with Crippen molar-refractivity contribution >= 4 is 29.1 Å². The van der Waals surface area contributed by atoms with Gasteiger partial charge in [-0.1, -0.05) is 32.9 Å². The van der Waals surface area contributed by atoms with Crippen molar-refractivity contribution in [1.29, 1.82) is 0 Å². The average molecular weight is 472 g/mol. The first kappa shape index (κ1) is 22.8. The number of fused-ring (bicyclic) bond motifs is 1. The van der Waals surface area contributed by atoms with E-state index in [4.69, 9.17) is 0 Å². The van der Waals surface area contributed by atoms with Crippen molar-refractivity contribution in [3.63, 3.8) is 0 Å². The van der Waals surface area contributed by atoms with Gasteiger partial charge in [-0.25, -0.2) is 14.5 Å². The number of carbonyl (C=O) groups is 1. The molecule has 170 valence electrons. The van der Waals surface area contributed by atoms with Gasteiger partial charge in [0.15, 0.2) is 11.5 Å². The molecule has 6 nitrogen and oxygen atoms in total. The van der Waals surface area contributed by atoms with E-state index in [1.54, 1.807) is 30.5 Å². The zero-order chi connectivity index (χ0) is 23.8. The number of benzene rings is 1. The molecule has 3 aromatic heterocycles. The standard InChI is InChI=1S/C23H20F3N5OS/c1-22(2,3)15-6-4-14(5-7-15)21(32)29-17-13-31-18(28-17)9-11-20(30-31)33-19-10-8-16(12-27-19)23(24,25)26/h4-13H,1-3H3,(H,29,32). The minimum Gasteiger partial charge on any atom is -0.305 e. The molecule has 0 bridgehead atoms. The lowest BCUT2D eigenvalue weighted by molar-refractivity contribution is -0.137. The summed E-state index contributed by atoms with van der Waals surface area (Å²) in [5, 5.41) is 8.04. The minimum absolute atomic E-state index is 0.00607. The summed E-state index contributed by atoms with van der Waals surface area (Å²) >= 11 is 1.12. The molecule has 1 aromatic carbocycles. The number of amides is 1. The van der Waals surface area contributed by atoms with Crippen molar-refractivity contribution in [2.24, 2.45) is 0 Å². The minimum atomic E-state index is -4.43. The van der Waals surface area contributed by atoms with Gasteiger partial charge in [0.05, 0.1) is 11.8 Å². The molecular formula is C23H20F3N5OS. The molecule has 4 aromatic rings. The van der Waals surface area contributed by atoms with Crippen LogP contribution in [0.15, 0.2) is 71.0 Å². The first-order chi connectivity index (χ1) is 15.5. The van der Waals surface area contributed by atoms with Gasteiger partial charge >= 0.3 is 6.18 Å². The van der Waals surface area contributed by atoms with Crippen LogP contribution < -0.4 is 5.32 Å². The summed E-state index contributed by atoms with van der Waals surface area (Å²) in [5.41, 5.74) is 1.34. The van der Waals surface area contributed by atoms with Crippen LogP contribution in [-0.4, -0.2) is 25.5 Å². The fourth-order valence-electron chi connectivity index (χ4n) is 3.00. The largest absolute Gasteiger partial charge is 0.417 e. The van der Waals surface area contributed by atoms with Gasteiger partial charge in [-0.15, -0.1) is 0 Å². The van der Waals surface area contributed by atoms with E-state index in [0.717, 1.165) is 29.6 Å². The lowest BCUT2D eigenvalue weighted by atomic mass is 9.87. The molecule has 1 N–H and O–H groups in total. The summed E-state index contributed by atoms with van der Waals surface area (Å²) in [5.74, 6) is 0.0459. The summed E-state index contributed by atoms with van der Waals surface area (Å²) in [6.07, 6.45) is -2.07. The Morgan fingerprint density at radius 2 is 1.61 bits per heavy atom. The van der Waals surface area contributed by atoms with Crippen LogP contribution >= 0.6 is 11.8 Å². The molecule has 0 aliphatic carbocycles. The number of rotatable bonds is 4. The second-order valence-corrected chi connectivity index (χ2v) is 9.41. The molecule has 0 atom stereocenters. The average Bonchev–Trinajstić information content (AvgIpc) is 3.14. The van der Waals surface area contributed by atoms with Crippen LogP contribution in [0.1, 0.15) is 42.3 Å². The Kier molecular flexibility index (Phi) is 5.87. The number of halogens is 3. The monoisotopic (exact) mass is 471 g/mol. The number of nitrogens with one attached hydrogen (secondary N) is 1. The fraction of sp³-hybridized carbons (Fsp3) is 0.217. The molecule has 0 aliphatic rings. The molecule has 33 heavy (non-hydrogen) atoms. The van der Waals surface area contributed by atoms with E-state index in [1.165, 1.54) is 10.6 Å². The topological polar surface area (TPSA) is 72.2 Å². The Labute approximate surface area is 192 Å². The SMILES string of the molecule is CC(C)(C)c1ccc(C(=O)Nc2cn3nc(Sc4ccc(C(F)(F)F)cn4)ccc3n2)cc1. The number of pyridine rings is 1. The Bertz CT molecular complexity index is 1290. The highest BCUT2D eigenvalue weighted by Crippen LogP contribution is 2.31. The van der Waals surface area contributed by atoms with Gasteiger partial charge in [0.2, 0.25) is 0 Å². The van der Waals surface area contributed by atoms with E-state index in [0.29, 0.717) is 27.1 Å². The van der Waals surface area contributed by atoms with E-state index in [2.05, 4.69) is 41.2 Å². The van der Waals surface area contributed by atoms with Gasteiger partial charge in [-0.2, -0.15) is 18.3 Å². The number of nitrogens with zero attached hydrogens (tertiary/aromatic N) is 4. The molecule has 1 amide bonds. The van der Waals surface area contributed by atoms with Crippen LogP contribution in [0.5, 0.6) is 0 Å². The smallest absolute Gasteiger partial charge is 0.305 e. The van der Waals surface area contributed by atoms with Gasteiger partial charge < -0.3 is 5.32 Å². The van der Waals surface area contributed by atoms with Crippen LogP contribution in [-0.2, 0) is 11.6 Å².